The highest BCUT2D eigenvalue weighted by Crippen LogP contribution is 2.11. The number of nitrogens with one attached hydrogen (secondary N) is 1. The van der Waals surface area contributed by atoms with Gasteiger partial charge in [0.25, 0.3) is 10.0 Å². The molecule has 5 heteroatoms. The lowest BCUT2D eigenvalue weighted by atomic mass is 10.1. The Morgan fingerprint density at radius 3 is 2.33 bits per heavy atom. The van der Waals surface area contributed by atoms with Gasteiger partial charge in [0, 0.05) is 0 Å². The standard InChI is InChI=1S/C16H21NO3S/c1-12(2)6-11-16(13(3)4)20-17-21(18,19)15-9-7-14(5)8-10-15/h7-10,13,16-17H,1H2,2-5H3. The zero-order valence-corrected chi connectivity index (χ0v) is 13.6. The molecule has 0 aromatic heterocycles. The summed E-state index contributed by atoms with van der Waals surface area (Å²) in [5.41, 5.74) is 1.69. The van der Waals surface area contributed by atoms with Gasteiger partial charge in [0.1, 0.15) is 6.10 Å². The number of hydrogen-bond donors (Lipinski definition) is 1. The van der Waals surface area contributed by atoms with Gasteiger partial charge in [-0.2, -0.15) is 0 Å². The summed E-state index contributed by atoms with van der Waals surface area (Å²) >= 11 is 0. The molecule has 0 radical (unpaired) electrons. The van der Waals surface area contributed by atoms with E-state index >= 15 is 0 Å². The maximum atomic E-state index is 12.1. The third kappa shape index (κ3) is 5.72. The molecule has 0 fully saturated rings. The van der Waals surface area contributed by atoms with Crippen LogP contribution in [0.15, 0.2) is 41.3 Å². The van der Waals surface area contributed by atoms with Gasteiger partial charge >= 0.3 is 0 Å². The number of allylic oxidation sites excluding steroid dienone is 1. The van der Waals surface area contributed by atoms with E-state index in [0.717, 1.165) is 5.56 Å². The third-order valence-electron chi connectivity index (χ3n) is 2.65. The smallest absolute Gasteiger partial charge is 0.262 e. The molecule has 0 heterocycles. The molecule has 4 nitrogen and oxygen atoms in total. The van der Waals surface area contributed by atoms with Crippen LogP contribution in [0.2, 0.25) is 0 Å². The van der Waals surface area contributed by atoms with Crippen molar-refractivity contribution in [3.63, 3.8) is 0 Å². The van der Waals surface area contributed by atoms with E-state index in [2.05, 4.69) is 23.3 Å². The molecule has 0 spiro atoms. The number of sulfonamides is 1. The molecule has 0 amide bonds. The normalized spacial score (nSPS) is 12.6. The molecule has 1 N–H and O–H groups in total. The third-order valence-corrected chi connectivity index (χ3v) is 3.86. The van der Waals surface area contributed by atoms with Gasteiger partial charge in [-0.3, -0.25) is 4.84 Å². The van der Waals surface area contributed by atoms with Crippen LogP contribution in [0.4, 0.5) is 0 Å². The van der Waals surface area contributed by atoms with E-state index in [0.29, 0.717) is 5.57 Å². The van der Waals surface area contributed by atoms with Crippen LogP contribution in [0.5, 0.6) is 0 Å². The van der Waals surface area contributed by atoms with E-state index in [-0.39, 0.29) is 10.8 Å². The lowest BCUT2D eigenvalue weighted by Gasteiger charge is -2.16. The van der Waals surface area contributed by atoms with Crippen molar-refractivity contribution >= 4 is 10.0 Å². The van der Waals surface area contributed by atoms with Gasteiger partial charge in [0.05, 0.1) is 4.90 Å². The van der Waals surface area contributed by atoms with E-state index in [4.69, 9.17) is 4.84 Å². The highest BCUT2D eigenvalue weighted by atomic mass is 32.2. The van der Waals surface area contributed by atoms with Gasteiger partial charge in [0.15, 0.2) is 0 Å². The predicted octanol–water partition coefficient (Wildman–Crippen LogP) is 2.81. The first-order valence-corrected chi connectivity index (χ1v) is 8.12. The maximum absolute atomic E-state index is 12.1. The van der Waals surface area contributed by atoms with E-state index < -0.39 is 16.1 Å². The van der Waals surface area contributed by atoms with Crippen molar-refractivity contribution < 1.29 is 13.3 Å². The lowest BCUT2D eigenvalue weighted by Crippen LogP contribution is -2.31. The van der Waals surface area contributed by atoms with E-state index in [1.165, 1.54) is 12.1 Å². The molecule has 1 unspecified atom stereocenters. The van der Waals surface area contributed by atoms with Gasteiger partial charge in [-0.05, 0) is 37.5 Å². The molecule has 0 bridgehead atoms. The first-order valence-electron chi connectivity index (χ1n) is 6.63. The molecule has 21 heavy (non-hydrogen) atoms. The predicted molar refractivity (Wildman–Crippen MR) is 83.8 cm³/mol. The van der Waals surface area contributed by atoms with Gasteiger partial charge in [-0.15, -0.1) is 0 Å². The van der Waals surface area contributed by atoms with Crippen LogP contribution in [0, 0.1) is 24.7 Å². The minimum atomic E-state index is -3.71. The Kier molecular flexibility index (Phi) is 6.16. The highest BCUT2D eigenvalue weighted by molar-refractivity contribution is 7.89. The highest BCUT2D eigenvalue weighted by Gasteiger charge is 2.18. The number of hydrogen-bond acceptors (Lipinski definition) is 3. The summed E-state index contributed by atoms with van der Waals surface area (Å²) in [6.07, 6.45) is -0.540. The molecule has 1 atom stereocenters. The molecule has 1 aromatic carbocycles. The number of rotatable bonds is 5. The van der Waals surface area contributed by atoms with Crippen molar-refractivity contribution in [1.29, 1.82) is 0 Å². The van der Waals surface area contributed by atoms with Crippen LogP contribution < -0.4 is 4.89 Å². The van der Waals surface area contributed by atoms with Crippen LogP contribution in [0.3, 0.4) is 0 Å². The van der Waals surface area contributed by atoms with Crippen molar-refractivity contribution in [2.45, 2.75) is 38.7 Å². The van der Waals surface area contributed by atoms with Crippen molar-refractivity contribution in [2.75, 3.05) is 0 Å². The molecule has 0 aliphatic rings. The van der Waals surface area contributed by atoms with Crippen LogP contribution in [0.25, 0.3) is 0 Å². The van der Waals surface area contributed by atoms with Crippen molar-refractivity contribution in [3.8, 4) is 11.8 Å². The van der Waals surface area contributed by atoms with Crippen molar-refractivity contribution in [2.24, 2.45) is 5.92 Å². The van der Waals surface area contributed by atoms with Gasteiger partial charge < -0.3 is 0 Å². The monoisotopic (exact) mass is 307 g/mol. The Balaban J connectivity index is 2.82. The Labute approximate surface area is 127 Å². The first kappa shape index (κ1) is 17.4. The molecule has 0 saturated carbocycles. The minimum absolute atomic E-state index is 0.0394. The summed E-state index contributed by atoms with van der Waals surface area (Å²) in [4.78, 5) is 7.55. The fourth-order valence-electron chi connectivity index (χ4n) is 1.41. The molecular formula is C16H21NO3S. The van der Waals surface area contributed by atoms with E-state index in [1.807, 2.05) is 20.8 Å². The number of benzene rings is 1. The Hall–Kier alpha value is -1.61. The second-order valence-electron chi connectivity index (χ2n) is 5.23. The summed E-state index contributed by atoms with van der Waals surface area (Å²) in [6.45, 7) is 11.2. The molecule has 1 rings (SSSR count). The summed E-state index contributed by atoms with van der Waals surface area (Å²) in [5, 5.41) is 0. The van der Waals surface area contributed by atoms with Gasteiger partial charge in [-0.1, -0.05) is 54.8 Å². The summed E-state index contributed by atoms with van der Waals surface area (Å²) in [7, 11) is -3.71. The Morgan fingerprint density at radius 1 is 1.29 bits per heavy atom. The summed E-state index contributed by atoms with van der Waals surface area (Å²) in [6, 6.07) is 6.53. The van der Waals surface area contributed by atoms with Gasteiger partial charge in [-0.25, -0.2) is 8.42 Å². The summed E-state index contributed by atoms with van der Waals surface area (Å²) in [5.74, 6) is 5.70. The quantitative estimate of drug-likeness (QED) is 0.672. The number of aryl methyl sites for hydroxylation is 1. The molecule has 114 valence electrons. The van der Waals surface area contributed by atoms with E-state index in [1.54, 1.807) is 19.1 Å². The van der Waals surface area contributed by atoms with Crippen molar-refractivity contribution in [1.82, 2.24) is 4.89 Å². The van der Waals surface area contributed by atoms with E-state index in [9.17, 15) is 8.42 Å². The largest absolute Gasteiger partial charge is 0.270 e. The van der Waals surface area contributed by atoms with Crippen LogP contribution in [-0.4, -0.2) is 14.5 Å². The fourth-order valence-corrected chi connectivity index (χ4v) is 2.23. The zero-order chi connectivity index (χ0) is 16.0. The zero-order valence-electron chi connectivity index (χ0n) is 12.8. The average molecular weight is 307 g/mol. The van der Waals surface area contributed by atoms with Gasteiger partial charge in [0.2, 0.25) is 0 Å². The maximum Gasteiger partial charge on any atom is 0.262 e. The minimum Gasteiger partial charge on any atom is -0.270 e. The lowest BCUT2D eigenvalue weighted by molar-refractivity contribution is 0.0264. The fraction of sp³-hybridized carbons (Fsp3) is 0.375. The van der Waals surface area contributed by atoms with Crippen molar-refractivity contribution in [3.05, 3.63) is 42.0 Å². The topological polar surface area (TPSA) is 55.4 Å². The molecule has 0 aliphatic carbocycles. The average Bonchev–Trinajstić information content (AvgIpc) is 2.38. The second-order valence-corrected chi connectivity index (χ2v) is 6.88. The van der Waals surface area contributed by atoms with Crippen LogP contribution >= 0.6 is 0 Å². The Bertz CT molecular complexity index is 649. The summed E-state index contributed by atoms with van der Waals surface area (Å²) < 4.78 is 24.2. The van der Waals surface area contributed by atoms with Crippen LogP contribution in [-0.2, 0) is 14.9 Å². The molecule has 0 aliphatic heterocycles. The SMILES string of the molecule is C=C(C)C#CC(ONS(=O)(=O)c1ccc(C)cc1)C(C)C. The Morgan fingerprint density at radius 2 is 1.86 bits per heavy atom. The molecule has 1 aromatic rings. The molecule has 0 saturated heterocycles. The second kappa shape index (κ2) is 7.41. The van der Waals surface area contributed by atoms with Crippen LogP contribution in [0.1, 0.15) is 26.3 Å². The first-order chi connectivity index (χ1) is 9.72. The molecular weight excluding hydrogens is 286 g/mol.